The van der Waals surface area contributed by atoms with Gasteiger partial charge >= 0.3 is 0 Å². The van der Waals surface area contributed by atoms with Crippen molar-refractivity contribution in [2.24, 2.45) is 0 Å². The standard InChI is InChI=1S/C10H8O2S/c1-12-8-2-3-9-7(5-11)6-13-10(9)4-8/h2-6H,1H3. The lowest BCUT2D eigenvalue weighted by Gasteiger charge is -1.98. The second-order valence-electron chi connectivity index (χ2n) is 2.67. The van der Waals surface area contributed by atoms with Gasteiger partial charge in [-0.2, -0.15) is 0 Å². The van der Waals surface area contributed by atoms with E-state index in [1.54, 1.807) is 18.4 Å². The molecule has 0 saturated carbocycles. The third-order valence-electron chi connectivity index (χ3n) is 1.94. The smallest absolute Gasteiger partial charge is 0.151 e. The van der Waals surface area contributed by atoms with Crippen LogP contribution in [0.15, 0.2) is 23.6 Å². The average Bonchev–Trinajstić information content (AvgIpc) is 2.59. The molecule has 66 valence electrons. The Hall–Kier alpha value is -1.35. The maximum atomic E-state index is 10.6. The van der Waals surface area contributed by atoms with Gasteiger partial charge in [-0.1, -0.05) is 0 Å². The van der Waals surface area contributed by atoms with E-state index in [0.717, 1.165) is 27.7 Å². The highest BCUT2D eigenvalue weighted by Crippen LogP contribution is 2.28. The lowest BCUT2D eigenvalue weighted by Crippen LogP contribution is -1.81. The Morgan fingerprint density at radius 1 is 1.46 bits per heavy atom. The number of methoxy groups -OCH3 is 1. The minimum Gasteiger partial charge on any atom is -0.497 e. The maximum absolute atomic E-state index is 10.6. The third-order valence-corrected chi connectivity index (χ3v) is 2.90. The largest absolute Gasteiger partial charge is 0.497 e. The van der Waals surface area contributed by atoms with Crippen molar-refractivity contribution in [3.05, 3.63) is 29.1 Å². The van der Waals surface area contributed by atoms with Crippen LogP contribution < -0.4 is 4.74 Å². The van der Waals surface area contributed by atoms with Crippen molar-refractivity contribution in [1.29, 1.82) is 0 Å². The molecule has 0 N–H and O–H groups in total. The number of hydrogen-bond acceptors (Lipinski definition) is 3. The van der Waals surface area contributed by atoms with Crippen LogP contribution in [0, 0.1) is 0 Å². The second kappa shape index (κ2) is 3.18. The SMILES string of the molecule is COc1ccc2c(C=O)csc2c1. The first-order chi connectivity index (χ1) is 6.35. The molecule has 0 radical (unpaired) electrons. The lowest BCUT2D eigenvalue weighted by molar-refractivity contribution is 0.112. The molecule has 0 spiro atoms. The Morgan fingerprint density at radius 3 is 3.00 bits per heavy atom. The Kier molecular flexibility index (Phi) is 2.02. The molecule has 1 aromatic heterocycles. The molecule has 0 saturated heterocycles. The zero-order valence-corrected chi connectivity index (χ0v) is 7.93. The predicted octanol–water partition coefficient (Wildman–Crippen LogP) is 2.72. The number of benzene rings is 1. The van der Waals surface area contributed by atoms with E-state index in [1.807, 2.05) is 23.6 Å². The Balaban J connectivity index is 2.67. The summed E-state index contributed by atoms with van der Waals surface area (Å²) in [5, 5.41) is 2.86. The van der Waals surface area contributed by atoms with Gasteiger partial charge < -0.3 is 4.74 Å². The molecule has 0 bridgehead atoms. The molecule has 0 amide bonds. The minimum atomic E-state index is 0.752. The molecule has 1 aromatic carbocycles. The molecule has 0 aliphatic rings. The van der Waals surface area contributed by atoms with Crippen LogP contribution in [0.25, 0.3) is 10.1 Å². The van der Waals surface area contributed by atoms with E-state index in [1.165, 1.54) is 0 Å². The summed E-state index contributed by atoms with van der Waals surface area (Å²) >= 11 is 1.56. The van der Waals surface area contributed by atoms with Gasteiger partial charge in [-0.25, -0.2) is 0 Å². The van der Waals surface area contributed by atoms with Crippen molar-refractivity contribution in [2.45, 2.75) is 0 Å². The summed E-state index contributed by atoms with van der Waals surface area (Å²) in [6.45, 7) is 0. The van der Waals surface area contributed by atoms with E-state index in [4.69, 9.17) is 4.74 Å². The summed E-state index contributed by atoms with van der Waals surface area (Å²) in [7, 11) is 1.63. The van der Waals surface area contributed by atoms with Crippen LogP contribution in [0.3, 0.4) is 0 Å². The highest BCUT2D eigenvalue weighted by atomic mass is 32.1. The zero-order valence-electron chi connectivity index (χ0n) is 7.11. The van der Waals surface area contributed by atoms with Gasteiger partial charge in [0.25, 0.3) is 0 Å². The van der Waals surface area contributed by atoms with Gasteiger partial charge in [0, 0.05) is 21.0 Å². The van der Waals surface area contributed by atoms with E-state index < -0.39 is 0 Å². The zero-order chi connectivity index (χ0) is 9.26. The van der Waals surface area contributed by atoms with Gasteiger partial charge in [0.05, 0.1) is 7.11 Å². The number of rotatable bonds is 2. The van der Waals surface area contributed by atoms with E-state index in [-0.39, 0.29) is 0 Å². The number of ether oxygens (including phenoxy) is 1. The molecule has 0 aliphatic heterocycles. The van der Waals surface area contributed by atoms with E-state index in [9.17, 15) is 4.79 Å². The molecule has 2 rings (SSSR count). The Labute approximate surface area is 79.8 Å². The van der Waals surface area contributed by atoms with Crippen LogP contribution in [0.2, 0.25) is 0 Å². The maximum Gasteiger partial charge on any atom is 0.151 e. The second-order valence-corrected chi connectivity index (χ2v) is 3.58. The molecule has 0 aliphatic carbocycles. The van der Waals surface area contributed by atoms with Gasteiger partial charge in [0.1, 0.15) is 5.75 Å². The highest BCUT2D eigenvalue weighted by molar-refractivity contribution is 7.17. The number of fused-ring (bicyclic) bond motifs is 1. The fraction of sp³-hybridized carbons (Fsp3) is 0.100. The number of aldehydes is 1. The average molecular weight is 192 g/mol. The van der Waals surface area contributed by atoms with Crippen LogP contribution in [-0.2, 0) is 0 Å². The first kappa shape index (κ1) is 8.26. The molecular weight excluding hydrogens is 184 g/mol. The van der Waals surface area contributed by atoms with Crippen molar-refractivity contribution in [3.8, 4) is 5.75 Å². The van der Waals surface area contributed by atoms with E-state index in [2.05, 4.69) is 0 Å². The van der Waals surface area contributed by atoms with Crippen LogP contribution in [0.5, 0.6) is 5.75 Å². The van der Waals surface area contributed by atoms with E-state index >= 15 is 0 Å². The van der Waals surface area contributed by atoms with Crippen LogP contribution in [-0.4, -0.2) is 13.4 Å². The fourth-order valence-corrected chi connectivity index (χ4v) is 2.18. The van der Waals surface area contributed by atoms with Gasteiger partial charge in [-0.15, -0.1) is 11.3 Å². The molecule has 13 heavy (non-hydrogen) atoms. The van der Waals surface area contributed by atoms with Crippen molar-refractivity contribution < 1.29 is 9.53 Å². The summed E-state index contributed by atoms with van der Waals surface area (Å²) in [5.74, 6) is 0.826. The van der Waals surface area contributed by atoms with Gasteiger partial charge in [-0.05, 0) is 18.2 Å². The van der Waals surface area contributed by atoms with Crippen molar-refractivity contribution in [2.75, 3.05) is 7.11 Å². The molecule has 2 nitrogen and oxygen atoms in total. The summed E-state index contributed by atoms with van der Waals surface area (Å²) in [6, 6.07) is 5.71. The number of hydrogen-bond donors (Lipinski definition) is 0. The molecule has 0 atom stereocenters. The van der Waals surface area contributed by atoms with Crippen molar-refractivity contribution in [3.63, 3.8) is 0 Å². The first-order valence-corrected chi connectivity index (χ1v) is 4.73. The van der Waals surface area contributed by atoms with Gasteiger partial charge in [-0.3, -0.25) is 4.79 Å². The predicted molar refractivity (Wildman–Crippen MR) is 53.8 cm³/mol. The Bertz CT molecular complexity index is 445. The summed E-state index contributed by atoms with van der Waals surface area (Å²) in [6.07, 6.45) is 0.880. The normalized spacial score (nSPS) is 10.2. The number of carbonyl (C=O) groups is 1. The van der Waals surface area contributed by atoms with Crippen LogP contribution in [0.4, 0.5) is 0 Å². The van der Waals surface area contributed by atoms with Gasteiger partial charge in [0.2, 0.25) is 0 Å². The molecule has 0 fully saturated rings. The van der Waals surface area contributed by atoms with Crippen LogP contribution in [0.1, 0.15) is 10.4 Å². The summed E-state index contributed by atoms with van der Waals surface area (Å²) in [5.41, 5.74) is 0.752. The molecule has 3 heteroatoms. The molecule has 1 heterocycles. The number of carbonyl (C=O) groups excluding carboxylic acids is 1. The third kappa shape index (κ3) is 1.31. The molecular formula is C10H8O2S. The van der Waals surface area contributed by atoms with Crippen molar-refractivity contribution >= 4 is 27.7 Å². The van der Waals surface area contributed by atoms with Crippen molar-refractivity contribution in [1.82, 2.24) is 0 Å². The summed E-state index contributed by atoms with van der Waals surface area (Å²) in [4.78, 5) is 10.6. The highest BCUT2D eigenvalue weighted by Gasteiger charge is 2.03. The first-order valence-electron chi connectivity index (χ1n) is 3.85. The minimum absolute atomic E-state index is 0.752. The summed E-state index contributed by atoms with van der Waals surface area (Å²) < 4.78 is 6.17. The monoisotopic (exact) mass is 192 g/mol. The Morgan fingerprint density at radius 2 is 2.31 bits per heavy atom. The lowest BCUT2D eigenvalue weighted by atomic mass is 10.2. The quantitative estimate of drug-likeness (QED) is 0.684. The fourth-order valence-electron chi connectivity index (χ4n) is 1.25. The topological polar surface area (TPSA) is 26.3 Å². The molecule has 2 aromatic rings. The molecule has 0 unspecified atom stereocenters. The van der Waals surface area contributed by atoms with Gasteiger partial charge in [0.15, 0.2) is 6.29 Å². The van der Waals surface area contributed by atoms with E-state index in [0.29, 0.717) is 0 Å². The number of thiophene rings is 1. The van der Waals surface area contributed by atoms with Crippen LogP contribution >= 0.6 is 11.3 Å².